The van der Waals surface area contributed by atoms with Gasteiger partial charge in [0, 0.05) is 25.4 Å². The van der Waals surface area contributed by atoms with Crippen molar-refractivity contribution in [2.45, 2.75) is 33.1 Å². The Hall–Kier alpha value is -1.64. The monoisotopic (exact) mass is 259 g/mol. The predicted octanol–water partition coefficient (Wildman–Crippen LogP) is 2.37. The highest BCUT2D eigenvalue weighted by Gasteiger charge is 2.36. The average Bonchev–Trinajstić information content (AvgIpc) is 2.42. The lowest BCUT2D eigenvalue weighted by atomic mass is 9.76. The number of rotatable bonds is 3. The molecule has 1 aliphatic rings. The molecule has 1 heterocycles. The molecule has 0 bridgehead atoms. The summed E-state index contributed by atoms with van der Waals surface area (Å²) in [5, 5.41) is 0. The minimum absolute atomic E-state index is 0.0647. The smallest absolute Gasteiger partial charge is 0.219 e. The van der Waals surface area contributed by atoms with Crippen molar-refractivity contribution in [3.8, 4) is 0 Å². The van der Waals surface area contributed by atoms with Gasteiger partial charge >= 0.3 is 0 Å². The number of likely N-dealkylation sites (tertiary alicyclic amines) is 1. The maximum atomic E-state index is 11.6. The third-order valence-electron chi connectivity index (χ3n) is 3.98. The van der Waals surface area contributed by atoms with Crippen LogP contribution in [0.5, 0.6) is 0 Å². The number of amides is 1. The largest absolute Gasteiger partial charge is 0.342 e. The topological polar surface area (TPSA) is 37.4 Å². The van der Waals surface area contributed by atoms with Crippen molar-refractivity contribution in [3.05, 3.63) is 35.4 Å². The summed E-state index contributed by atoms with van der Waals surface area (Å²) in [6, 6.07) is 8.29. The van der Waals surface area contributed by atoms with Crippen LogP contribution >= 0.6 is 0 Å². The van der Waals surface area contributed by atoms with Crippen molar-refractivity contribution in [1.29, 1.82) is 0 Å². The first kappa shape index (κ1) is 13.8. The molecule has 0 N–H and O–H groups in total. The van der Waals surface area contributed by atoms with E-state index in [2.05, 4.69) is 31.2 Å². The number of aryl methyl sites for hydroxylation is 1. The Labute approximate surface area is 114 Å². The van der Waals surface area contributed by atoms with E-state index in [-0.39, 0.29) is 5.91 Å². The highest BCUT2D eigenvalue weighted by molar-refractivity contribution is 5.74. The maximum Gasteiger partial charge on any atom is 0.219 e. The fourth-order valence-corrected chi connectivity index (χ4v) is 2.82. The van der Waals surface area contributed by atoms with E-state index >= 15 is 0 Å². The van der Waals surface area contributed by atoms with Crippen molar-refractivity contribution < 1.29 is 9.59 Å². The van der Waals surface area contributed by atoms with Crippen LogP contribution in [0, 0.1) is 12.3 Å². The molecule has 1 fully saturated rings. The zero-order valence-corrected chi connectivity index (χ0v) is 11.7. The third-order valence-corrected chi connectivity index (χ3v) is 3.98. The SMILES string of the molecule is CC(=O)N1CCCC(C=O)(Cc2ccc(C)cc2)C1. The summed E-state index contributed by atoms with van der Waals surface area (Å²) >= 11 is 0. The van der Waals surface area contributed by atoms with Gasteiger partial charge in [-0.15, -0.1) is 0 Å². The van der Waals surface area contributed by atoms with Crippen molar-refractivity contribution >= 4 is 12.2 Å². The Balaban J connectivity index is 2.15. The molecule has 1 amide bonds. The van der Waals surface area contributed by atoms with Crippen LogP contribution in [0.1, 0.15) is 30.9 Å². The summed E-state index contributed by atoms with van der Waals surface area (Å²) in [5.74, 6) is 0.0647. The highest BCUT2D eigenvalue weighted by Crippen LogP contribution is 2.32. The molecule has 1 aromatic rings. The second-order valence-electron chi connectivity index (χ2n) is 5.69. The van der Waals surface area contributed by atoms with Gasteiger partial charge in [-0.3, -0.25) is 4.79 Å². The first-order valence-corrected chi connectivity index (χ1v) is 6.82. The summed E-state index contributed by atoms with van der Waals surface area (Å²) < 4.78 is 0. The summed E-state index contributed by atoms with van der Waals surface area (Å²) in [6.45, 7) is 4.96. The molecule has 3 heteroatoms. The molecule has 1 saturated heterocycles. The Morgan fingerprint density at radius 2 is 2.05 bits per heavy atom. The van der Waals surface area contributed by atoms with Crippen molar-refractivity contribution in [1.82, 2.24) is 4.90 Å². The molecule has 1 aliphatic heterocycles. The van der Waals surface area contributed by atoms with E-state index in [0.717, 1.165) is 32.1 Å². The normalized spacial score (nSPS) is 23.2. The van der Waals surface area contributed by atoms with Gasteiger partial charge in [0.15, 0.2) is 0 Å². The van der Waals surface area contributed by atoms with Crippen LogP contribution in [0.2, 0.25) is 0 Å². The molecular weight excluding hydrogens is 238 g/mol. The van der Waals surface area contributed by atoms with Gasteiger partial charge in [-0.2, -0.15) is 0 Å². The Morgan fingerprint density at radius 1 is 1.37 bits per heavy atom. The average molecular weight is 259 g/mol. The van der Waals surface area contributed by atoms with Crippen LogP contribution in [0.4, 0.5) is 0 Å². The van der Waals surface area contributed by atoms with E-state index in [0.29, 0.717) is 6.54 Å². The van der Waals surface area contributed by atoms with Crippen LogP contribution in [-0.4, -0.2) is 30.2 Å². The quantitative estimate of drug-likeness (QED) is 0.781. The molecular formula is C16H21NO2. The Kier molecular flexibility index (Phi) is 4.03. The second-order valence-corrected chi connectivity index (χ2v) is 5.69. The minimum Gasteiger partial charge on any atom is -0.342 e. The van der Waals surface area contributed by atoms with Crippen LogP contribution in [0.15, 0.2) is 24.3 Å². The zero-order valence-electron chi connectivity index (χ0n) is 11.7. The van der Waals surface area contributed by atoms with Gasteiger partial charge < -0.3 is 9.69 Å². The van der Waals surface area contributed by atoms with Gasteiger partial charge in [-0.1, -0.05) is 29.8 Å². The fraction of sp³-hybridized carbons (Fsp3) is 0.500. The molecule has 3 nitrogen and oxygen atoms in total. The maximum absolute atomic E-state index is 11.6. The van der Waals surface area contributed by atoms with Crippen molar-refractivity contribution in [2.75, 3.05) is 13.1 Å². The number of benzene rings is 1. The molecule has 2 rings (SSSR count). The lowest BCUT2D eigenvalue weighted by Gasteiger charge is -2.39. The molecule has 0 spiro atoms. The van der Waals surface area contributed by atoms with Crippen LogP contribution in [-0.2, 0) is 16.0 Å². The number of carbonyl (C=O) groups is 2. The zero-order chi connectivity index (χ0) is 13.9. The number of piperidine rings is 1. The Bertz CT molecular complexity index is 466. The van der Waals surface area contributed by atoms with Gasteiger partial charge in [-0.25, -0.2) is 0 Å². The summed E-state index contributed by atoms with van der Waals surface area (Å²) in [4.78, 5) is 24.9. The standard InChI is InChI=1S/C16H21NO2/c1-13-4-6-15(7-5-13)10-16(12-18)8-3-9-17(11-16)14(2)19/h4-7,12H,3,8-11H2,1-2H3. The van der Waals surface area contributed by atoms with Crippen LogP contribution in [0.25, 0.3) is 0 Å². The molecule has 102 valence electrons. The predicted molar refractivity (Wildman–Crippen MR) is 74.9 cm³/mol. The summed E-state index contributed by atoms with van der Waals surface area (Å²) in [5.41, 5.74) is 1.99. The van der Waals surface area contributed by atoms with Crippen LogP contribution < -0.4 is 0 Å². The van der Waals surface area contributed by atoms with E-state index in [1.54, 1.807) is 11.8 Å². The molecule has 1 atom stereocenters. The summed E-state index contributed by atoms with van der Waals surface area (Å²) in [6.07, 6.45) is 3.56. The van der Waals surface area contributed by atoms with E-state index < -0.39 is 5.41 Å². The molecule has 1 aromatic carbocycles. The van der Waals surface area contributed by atoms with Crippen LogP contribution in [0.3, 0.4) is 0 Å². The highest BCUT2D eigenvalue weighted by atomic mass is 16.2. The lowest BCUT2D eigenvalue weighted by molar-refractivity contribution is -0.134. The van der Waals surface area contributed by atoms with Crippen molar-refractivity contribution in [3.63, 3.8) is 0 Å². The minimum atomic E-state index is -0.404. The third kappa shape index (κ3) is 3.22. The first-order chi connectivity index (χ1) is 9.04. The number of hydrogen-bond donors (Lipinski definition) is 0. The number of nitrogens with zero attached hydrogens (tertiary/aromatic N) is 1. The van der Waals surface area contributed by atoms with Gasteiger partial charge in [0.2, 0.25) is 5.91 Å². The number of hydrogen-bond acceptors (Lipinski definition) is 2. The molecule has 19 heavy (non-hydrogen) atoms. The molecule has 1 unspecified atom stereocenters. The van der Waals surface area contributed by atoms with Gasteiger partial charge in [-0.05, 0) is 31.7 Å². The molecule has 0 aliphatic carbocycles. The van der Waals surface area contributed by atoms with E-state index in [9.17, 15) is 9.59 Å². The number of carbonyl (C=O) groups excluding carboxylic acids is 2. The van der Waals surface area contributed by atoms with E-state index in [1.165, 1.54) is 11.1 Å². The molecule has 0 saturated carbocycles. The fourth-order valence-electron chi connectivity index (χ4n) is 2.82. The molecule has 0 radical (unpaired) electrons. The van der Waals surface area contributed by atoms with Gasteiger partial charge in [0.1, 0.15) is 6.29 Å². The molecule has 0 aromatic heterocycles. The Morgan fingerprint density at radius 3 is 2.63 bits per heavy atom. The van der Waals surface area contributed by atoms with Gasteiger partial charge in [0.25, 0.3) is 0 Å². The van der Waals surface area contributed by atoms with Crippen molar-refractivity contribution in [2.24, 2.45) is 5.41 Å². The second kappa shape index (κ2) is 5.55. The first-order valence-electron chi connectivity index (χ1n) is 6.82. The van der Waals surface area contributed by atoms with Gasteiger partial charge in [0.05, 0.1) is 0 Å². The van der Waals surface area contributed by atoms with E-state index in [1.807, 2.05) is 0 Å². The number of aldehydes is 1. The lowest BCUT2D eigenvalue weighted by Crippen LogP contribution is -2.47. The van der Waals surface area contributed by atoms with E-state index in [4.69, 9.17) is 0 Å². The summed E-state index contributed by atoms with van der Waals surface area (Å²) in [7, 11) is 0.